The van der Waals surface area contributed by atoms with Gasteiger partial charge in [0.05, 0.1) is 0 Å². The molecule has 0 aromatic heterocycles. The summed E-state index contributed by atoms with van der Waals surface area (Å²) in [7, 11) is -0.351. The normalized spacial score (nSPS) is 11.3. The van der Waals surface area contributed by atoms with Crippen molar-refractivity contribution in [2.75, 3.05) is 0 Å². The van der Waals surface area contributed by atoms with Crippen LogP contribution in [0.15, 0.2) is 12.2 Å². The lowest BCUT2D eigenvalue weighted by atomic mass is 10.5. The average molecular weight is 191 g/mol. The van der Waals surface area contributed by atoms with Crippen LogP contribution in [0.5, 0.6) is 0 Å². The van der Waals surface area contributed by atoms with E-state index in [0.29, 0.717) is 10.5 Å². The molecule has 0 saturated carbocycles. The maximum absolute atomic E-state index is 10.6. The number of aliphatic carboxylic acids is 1. The Morgan fingerprint density at radius 3 is 2.64 bits per heavy atom. The number of carbonyl (C=O) groups is 2. The molecule has 0 aliphatic heterocycles. The number of nitrogens with one attached hydrogen (secondary N) is 1. The Morgan fingerprint density at radius 1 is 1.55 bits per heavy atom. The van der Waals surface area contributed by atoms with Gasteiger partial charge in [0.25, 0.3) is 9.92 Å². The summed E-state index contributed by atoms with van der Waals surface area (Å²) in [6, 6.07) is 0. The topological polar surface area (TPSA) is 75.6 Å². The van der Waals surface area contributed by atoms with Crippen LogP contribution in [0.3, 0.4) is 0 Å². The molecule has 0 unspecified atom stereocenters. The summed E-state index contributed by atoms with van der Waals surface area (Å²) in [5.74, 6) is -1.54. The SMILES string of the molecule is O=C(O)C=CC(=O)N[SiH2]O[SiH3]. The standard InChI is InChI=1S/C4H9NO4Si2/c6-3(5-11-9-10)1-2-4(7)8/h1-2H,11H2,10H3,(H,5,6)(H,7,8). The molecule has 11 heavy (non-hydrogen) atoms. The van der Waals surface area contributed by atoms with Gasteiger partial charge in [0.1, 0.15) is 10.5 Å². The largest absolute Gasteiger partial charge is 0.478 e. The van der Waals surface area contributed by atoms with Crippen molar-refractivity contribution in [2.24, 2.45) is 0 Å². The van der Waals surface area contributed by atoms with E-state index in [-0.39, 0.29) is 0 Å². The molecule has 0 fully saturated rings. The van der Waals surface area contributed by atoms with Crippen molar-refractivity contribution in [2.45, 2.75) is 0 Å². The zero-order valence-electron chi connectivity index (χ0n) is 6.03. The minimum atomic E-state index is -1.13. The summed E-state index contributed by atoms with van der Waals surface area (Å²) < 4.78 is 4.78. The second-order valence-corrected chi connectivity index (χ2v) is 4.60. The van der Waals surface area contributed by atoms with E-state index in [0.717, 1.165) is 12.2 Å². The summed E-state index contributed by atoms with van der Waals surface area (Å²) in [4.78, 5) is 23.0. The Kier molecular flexibility index (Phi) is 5.34. The van der Waals surface area contributed by atoms with Crippen LogP contribution >= 0.6 is 0 Å². The van der Waals surface area contributed by atoms with Gasteiger partial charge < -0.3 is 14.2 Å². The molecule has 7 heteroatoms. The molecule has 0 bridgehead atoms. The highest BCUT2D eigenvalue weighted by Crippen LogP contribution is 1.72. The maximum Gasteiger partial charge on any atom is 0.328 e. The summed E-state index contributed by atoms with van der Waals surface area (Å²) in [5, 5.41) is 8.11. The molecule has 0 aliphatic carbocycles. The van der Waals surface area contributed by atoms with Crippen LogP contribution in [0.25, 0.3) is 0 Å². The molecule has 0 radical (unpaired) electrons. The Labute approximate surface area is 69.0 Å². The molecule has 5 nitrogen and oxygen atoms in total. The van der Waals surface area contributed by atoms with E-state index in [4.69, 9.17) is 9.22 Å². The van der Waals surface area contributed by atoms with Gasteiger partial charge in [-0.1, -0.05) is 0 Å². The Hall–Kier alpha value is -0.926. The first kappa shape index (κ1) is 10.1. The van der Waals surface area contributed by atoms with Gasteiger partial charge >= 0.3 is 5.97 Å². The van der Waals surface area contributed by atoms with Crippen molar-refractivity contribution >= 4 is 32.3 Å². The minimum Gasteiger partial charge on any atom is -0.478 e. The molecule has 0 atom stereocenters. The fraction of sp³-hybridized carbons (Fsp3) is 0. The van der Waals surface area contributed by atoms with Gasteiger partial charge in [0.2, 0.25) is 5.91 Å². The lowest BCUT2D eigenvalue weighted by molar-refractivity contribution is -0.131. The third-order valence-corrected chi connectivity index (χ3v) is 2.42. The fourth-order valence-electron chi connectivity index (χ4n) is 0.349. The van der Waals surface area contributed by atoms with Crippen molar-refractivity contribution < 1.29 is 18.8 Å². The molecule has 2 N–H and O–H groups in total. The number of carboxylic acid groups (broad SMARTS) is 1. The average Bonchev–Trinajstić information content (AvgIpc) is 1.97. The van der Waals surface area contributed by atoms with Crippen molar-refractivity contribution in [3.05, 3.63) is 12.2 Å². The van der Waals surface area contributed by atoms with E-state index in [1.165, 1.54) is 0 Å². The van der Waals surface area contributed by atoms with Crippen molar-refractivity contribution in [1.82, 2.24) is 4.98 Å². The van der Waals surface area contributed by atoms with Gasteiger partial charge in [-0.2, -0.15) is 0 Å². The molecular formula is C4H9NO4Si2. The Morgan fingerprint density at radius 2 is 2.18 bits per heavy atom. The summed E-state index contributed by atoms with van der Waals surface area (Å²) in [5.41, 5.74) is 0. The van der Waals surface area contributed by atoms with E-state index >= 15 is 0 Å². The number of amides is 1. The van der Waals surface area contributed by atoms with Crippen molar-refractivity contribution in [3.63, 3.8) is 0 Å². The number of hydrogen-bond donors (Lipinski definition) is 2. The predicted octanol–water partition coefficient (Wildman–Crippen LogP) is -2.96. The molecule has 1 amide bonds. The van der Waals surface area contributed by atoms with Gasteiger partial charge in [-0.3, -0.25) is 4.79 Å². The van der Waals surface area contributed by atoms with Gasteiger partial charge in [-0.05, 0) is 0 Å². The van der Waals surface area contributed by atoms with Gasteiger partial charge in [0, 0.05) is 12.2 Å². The first-order chi connectivity index (χ1) is 5.16. The van der Waals surface area contributed by atoms with Crippen LogP contribution in [0.4, 0.5) is 0 Å². The number of carboxylic acids is 1. The molecule has 0 aromatic rings. The van der Waals surface area contributed by atoms with Gasteiger partial charge in [0.15, 0.2) is 0 Å². The van der Waals surface area contributed by atoms with Crippen molar-refractivity contribution in [1.29, 1.82) is 0 Å². The molecule has 0 rings (SSSR count). The molecular weight excluding hydrogens is 182 g/mol. The number of rotatable bonds is 4. The van der Waals surface area contributed by atoms with Gasteiger partial charge in [-0.15, -0.1) is 0 Å². The molecule has 0 spiro atoms. The molecule has 0 aromatic carbocycles. The van der Waals surface area contributed by atoms with Crippen LogP contribution < -0.4 is 4.98 Å². The van der Waals surface area contributed by atoms with E-state index < -0.39 is 21.8 Å². The zero-order valence-corrected chi connectivity index (χ0v) is 9.45. The van der Waals surface area contributed by atoms with Gasteiger partial charge in [-0.25, -0.2) is 4.79 Å². The quantitative estimate of drug-likeness (QED) is 0.368. The van der Waals surface area contributed by atoms with E-state index in [1.54, 1.807) is 0 Å². The first-order valence-corrected chi connectivity index (χ1v) is 4.94. The van der Waals surface area contributed by atoms with Crippen LogP contribution in [-0.4, -0.2) is 37.4 Å². The number of carbonyl (C=O) groups excluding carboxylic acids is 1. The Bertz CT molecular complexity index is 181. The minimum absolute atomic E-state index is 0.407. The predicted molar refractivity (Wildman–Crippen MR) is 44.5 cm³/mol. The van der Waals surface area contributed by atoms with Crippen LogP contribution in [-0.2, 0) is 13.7 Å². The maximum atomic E-state index is 10.6. The second kappa shape index (κ2) is 5.83. The monoisotopic (exact) mass is 191 g/mol. The molecule has 0 heterocycles. The van der Waals surface area contributed by atoms with Crippen LogP contribution in [0.1, 0.15) is 0 Å². The van der Waals surface area contributed by atoms with Crippen LogP contribution in [0.2, 0.25) is 0 Å². The van der Waals surface area contributed by atoms with Crippen LogP contribution in [0, 0.1) is 0 Å². The molecule has 62 valence electrons. The molecule has 0 saturated heterocycles. The zero-order chi connectivity index (χ0) is 8.69. The first-order valence-electron chi connectivity index (χ1n) is 2.84. The third-order valence-electron chi connectivity index (χ3n) is 0.768. The lowest BCUT2D eigenvalue weighted by Crippen LogP contribution is -2.27. The third kappa shape index (κ3) is 6.97. The van der Waals surface area contributed by atoms with E-state index in [2.05, 4.69) is 4.98 Å². The highest BCUT2D eigenvalue weighted by atomic mass is 28.3. The summed E-state index contributed by atoms with van der Waals surface area (Å²) >= 11 is 0. The highest BCUT2D eigenvalue weighted by molar-refractivity contribution is 6.36. The second-order valence-electron chi connectivity index (χ2n) is 1.65. The molecule has 0 aliphatic rings. The summed E-state index contributed by atoms with van der Waals surface area (Å²) in [6.07, 6.45) is 1.76. The Balaban J connectivity index is 3.60. The fourth-order valence-corrected chi connectivity index (χ4v) is 1.19. The highest BCUT2D eigenvalue weighted by Gasteiger charge is 1.93. The van der Waals surface area contributed by atoms with E-state index in [1.807, 2.05) is 0 Å². The van der Waals surface area contributed by atoms with E-state index in [9.17, 15) is 9.59 Å². The smallest absolute Gasteiger partial charge is 0.328 e. The summed E-state index contributed by atoms with van der Waals surface area (Å²) in [6.45, 7) is 0. The lowest BCUT2D eigenvalue weighted by Gasteiger charge is -1.96. The number of hydrogen-bond acceptors (Lipinski definition) is 3. The van der Waals surface area contributed by atoms with Crippen molar-refractivity contribution in [3.8, 4) is 0 Å².